The molecular weight excluding hydrogens is 364 g/mol. The van der Waals surface area contributed by atoms with Crippen LogP contribution < -0.4 is 14.8 Å². The maximum Gasteiger partial charge on any atom is 0.328 e. The van der Waals surface area contributed by atoms with E-state index >= 15 is 0 Å². The number of carbonyl (C=O) groups is 2. The summed E-state index contributed by atoms with van der Waals surface area (Å²) in [5, 5.41) is 10.9. The van der Waals surface area contributed by atoms with E-state index in [0.717, 1.165) is 6.08 Å². The number of ether oxygens (including phenoxy) is 1. The van der Waals surface area contributed by atoms with Crippen LogP contribution in [0.3, 0.4) is 0 Å². The third-order valence-corrected chi connectivity index (χ3v) is 4.25. The van der Waals surface area contributed by atoms with Gasteiger partial charge in [0.2, 0.25) is 11.7 Å². The lowest BCUT2D eigenvalue weighted by atomic mass is 10.3. The van der Waals surface area contributed by atoms with Gasteiger partial charge in [-0.15, -0.1) is 0 Å². The summed E-state index contributed by atoms with van der Waals surface area (Å²) in [7, 11) is -2.62. The van der Waals surface area contributed by atoms with Crippen molar-refractivity contribution in [3.05, 3.63) is 48.8 Å². The van der Waals surface area contributed by atoms with E-state index in [2.05, 4.69) is 20.0 Å². The fraction of sp³-hybridized carbons (Fsp3) is 0.0667. The minimum Gasteiger partial charge on any atom is -0.478 e. The second-order valence-electron chi connectivity index (χ2n) is 4.70. The lowest BCUT2D eigenvalue weighted by Crippen LogP contribution is -2.15. The van der Waals surface area contributed by atoms with Gasteiger partial charge < -0.3 is 15.2 Å². The average Bonchev–Trinajstić information content (AvgIpc) is 2.60. The Hall–Kier alpha value is -3.47. The lowest BCUT2D eigenvalue weighted by molar-refractivity contribution is -0.131. The number of amides is 1. The molecule has 0 fully saturated rings. The summed E-state index contributed by atoms with van der Waals surface area (Å²) >= 11 is 0. The molecule has 0 radical (unpaired) electrons. The second kappa shape index (κ2) is 8.07. The smallest absolute Gasteiger partial charge is 0.328 e. The van der Waals surface area contributed by atoms with Gasteiger partial charge in [-0.3, -0.25) is 9.52 Å². The number of sulfonamides is 1. The summed E-state index contributed by atoms with van der Waals surface area (Å²) in [6, 6.07) is 5.24. The first kappa shape index (κ1) is 18.9. The molecule has 0 saturated heterocycles. The van der Waals surface area contributed by atoms with Crippen LogP contribution in [0.1, 0.15) is 0 Å². The van der Waals surface area contributed by atoms with Crippen LogP contribution in [-0.4, -0.2) is 42.5 Å². The molecular formula is C15H14N4O6S. The van der Waals surface area contributed by atoms with Crippen LogP contribution in [0.4, 0.5) is 11.5 Å². The average molecular weight is 378 g/mol. The van der Waals surface area contributed by atoms with E-state index in [9.17, 15) is 18.0 Å². The SMILES string of the molecule is COc1nccnc1NS(=O)(=O)c1ccc(NC(=O)/C=C/C(=O)O)cc1. The van der Waals surface area contributed by atoms with Crippen LogP contribution in [0.25, 0.3) is 0 Å². The third kappa shape index (κ3) is 5.01. The Morgan fingerprint density at radius 1 is 1.12 bits per heavy atom. The molecule has 1 heterocycles. The molecule has 0 aliphatic rings. The van der Waals surface area contributed by atoms with Gasteiger partial charge in [0.1, 0.15) is 0 Å². The Labute approximate surface area is 148 Å². The Kier molecular flexibility index (Phi) is 5.86. The number of hydrogen-bond donors (Lipinski definition) is 3. The number of aromatic nitrogens is 2. The molecule has 0 aliphatic carbocycles. The molecule has 1 aromatic carbocycles. The number of benzene rings is 1. The molecule has 3 N–H and O–H groups in total. The van der Waals surface area contributed by atoms with Crippen molar-refractivity contribution in [3.8, 4) is 5.88 Å². The van der Waals surface area contributed by atoms with Crippen molar-refractivity contribution < 1.29 is 27.9 Å². The number of rotatable bonds is 7. The van der Waals surface area contributed by atoms with Gasteiger partial charge in [0, 0.05) is 30.2 Å². The topological polar surface area (TPSA) is 148 Å². The highest BCUT2D eigenvalue weighted by Crippen LogP contribution is 2.22. The van der Waals surface area contributed by atoms with Crippen LogP contribution in [0.5, 0.6) is 5.88 Å². The number of carboxylic acids is 1. The minimum absolute atomic E-state index is 0.0187. The summed E-state index contributed by atoms with van der Waals surface area (Å²) in [6.07, 6.45) is 4.19. The molecule has 2 rings (SSSR count). The Morgan fingerprint density at radius 2 is 1.77 bits per heavy atom. The maximum atomic E-state index is 12.4. The van der Waals surface area contributed by atoms with E-state index in [0.29, 0.717) is 11.8 Å². The van der Waals surface area contributed by atoms with Crippen LogP contribution in [0.2, 0.25) is 0 Å². The molecule has 0 unspecified atom stereocenters. The fourth-order valence-corrected chi connectivity index (χ4v) is 2.79. The first-order valence-corrected chi connectivity index (χ1v) is 8.50. The van der Waals surface area contributed by atoms with Gasteiger partial charge in [-0.1, -0.05) is 0 Å². The number of anilines is 2. The molecule has 0 saturated carbocycles. The zero-order chi connectivity index (χ0) is 19.2. The van der Waals surface area contributed by atoms with Gasteiger partial charge in [-0.2, -0.15) is 0 Å². The Morgan fingerprint density at radius 3 is 2.38 bits per heavy atom. The quantitative estimate of drug-likeness (QED) is 0.601. The largest absolute Gasteiger partial charge is 0.478 e. The molecule has 0 aliphatic heterocycles. The number of nitrogens with zero attached hydrogens (tertiary/aromatic N) is 2. The normalized spacial score (nSPS) is 11.1. The van der Waals surface area contributed by atoms with E-state index in [4.69, 9.17) is 9.84 Å². The zero-order valence-corrected chi connectivity index (χ0v) is 14.2. The number of aliphatic carboxylic acids is 1. The molecule has 0 spiro atoms. The second-order valence-corrected chi connectivity index (χ2v) is 6.39. The van der Waals surface area contributed by atoms with Gasteiger partial charge in [0.15, 0.2) is 0 Å². The van der Waals surface area contributed by atoms with Crippen LogP contribution in [0.15, 0.2) is 53.7 Å². The van der Waals surface area contributed by atoms with Gasteiger partial charge >= 0.3 is 5.97 Å². The number of hydrogen-bond acceptors (Lipinski definition) is 7. The summed E-state index contributed by atoms with van der Waals surface area (Å²) in [5.41, 5.74) is 0.293. The lowest BCUT2D eigenvalue weighted by Gasteiger charge is -2.10. The summed E-state index contributed by atoms with van der Waals surface area (Å²) < 4.78 is 32.0. The minimum atomic E-state index is -3.95. The van der Waals surface area contributed by atoms with E-state index in [1.54, 1.807) is 0 Å². The van der Waals surface area contributed by atoms with E-state index in [1.807, 2.05) is 0 Å². The van der Waals surface area contributed by atoms with Crippen molar-refractivity contribution in [2.24, 2.45) is 0 Å². The van der Waals surface area contributed by atoms with Gasteiger partial charge in [0.05, 0.1) is 12.0 Å². The van der Waals surface area contributed by atoms with Crippen LogP contribution >= 0.6 is 0 Å². The van der Waals surface area contributed by atoms with E-state index < -0.39 is 21.9 Å². The molecule has 1 aromatic heterocycles. The molecule has 0 bridgehead atoms. The van der Waals surface area contributed by atoms with Crippen molar-refractivity contribution in [2.75, 3.05) is 17.1 Å². The fourth-order valence-electron chi connectivity index (χ4n) is 1.78. The van der Waals surface area contributed by atoms with Crippen molar-refractivity contribution >= 4 is 33.4 Å². The number of carboxylic acid groups (broad SMARTS) is 1. The Balaban J connectivity index is 2.13. The monoisotopic (exact) mass is 378 g/mol. The third-order valence-electron chi connectivity index (χ3n) is 2.90. The molecule has 1 amide bonds. The van der Waals surface area contributed by atoms with Crippen LogP contribution in [-0.2, 0) is 19.6 Å². The zero-order valence-electron chi connectivity index (χ0n) is 13.4. The van der Waals surface area contributed by atoms with Crippen molar-refractivity contribution in [1.82, 2.24) is 9.97 Å². The predicted octanol–water partition coefficient (Wildman–Crippen LogP) is 0.865. The molecule has 136 valence electrons. The molecule has 10 nitrogen and oxygen atoms in total. The van der Waals surface area contributed by atoms with Crippen molar-refractivity contribution in [3.63, 3.8) is 0 Å². The number of methoxy groups -OCH3 is 1. The van der Waals surface area contributed by atoms with Crippen molar-refractivity contribution in [1.29, 1.82) is 0 Å². The molecule has 26 heavy (non-hydrogen) atoms. The summed E-state index contributed by atoms with van der Waals surface area (Å²) in [5.74, 6) is -1.96. The first-order valence-electron chi connectivity index (χ1n) is 7.01. The summed E-state index contributed by atoms with van der Waals surface area (Å²) in [6.45, 7) is 0. The highest BCUT2D eigenvalue weighted by Gasteiger charge is 2.18. The first-order chi connectivity index (χ1) is 12.3. The summed E-state index contributed by atoms with van der Waals surface area (Å²) in [4.78, 5) is 29.5. The van der Waals surface area contributed by atoms with E-state index in [-0.39, 0.29) is 16.6 Å². The maximum absolute atomic E-state index is 12.4. The number of carbonyl (C=O) groups excluding carboxylic acids is 1. The standard InChI is InChI=1S/C15H14N4O6S/c1-25-15-14(16-8-9-17-15)19-26(23,24)11-4-2-10(3-5-11)18-12(20)6-7-13(21)22/h2-9H,1H3,(H,16,19)(H,18,20)(H,21,22)/b7-6+. The molecule has 2 aromatic rings. The van der Waals surface area contributed by atoms with Gasteiger partial charge in [0.25, 0.3) is 15.9 Å². The Bertz CT molecular complexity index is 941. The van der Waals surface area contributed by atoms with E-state index in [1.165, 1.54) is 43.8 Å². The van der Waals surface area contributed by atoms with Gasteiger partial charge in [-0.25, -0.2) is 23.2 Å². The van der Waals surface area contributed by atoms with Crippen LogP contribution in [0, 0.1) is 0 Å². The predicted molar refractivity (Wildman–Crippen MR) is 91.2 cm³/mol. The number of nitrogens with one attached hydrogen (secondary N) is 2. The van der Waals surface area contributed by atoms with Crippen molar-refractivity contribution in [2.45, 2.75) is 4.90 Å². The molecule has 0 atom stereocenters. The highest BCUT2D eigenvalue weighted by molar-refractivity contribution is 7.92. The highest BCUT2D eigenvalue weighted by atomic mass is 32.2. The van der Waals surface area contributed by atoms with Gasteiger partial charge in [-0.05, 0) is 24.3 Å². The molecule has 11 heteroatoms.